The predicted octanol–water partition coefficient (Wildman–Crippen LogP) is 1.32. The summed E-state index contributed by atoms with van der Waals surface area (Å²) < 4.78 is 42.1. The van der Waals surface area contributed by atoms with Crippen molar-refractivity contribution in [1.29, 1.82) is 0 Å². The van der Waals surface area contributed by atoms with Crippen molar-refractivity contribution in [2.24, 2.45) is 0 Å². The van der Waals surface area contributed by atoms with E-state index < -0.39 is 10.1 Å². The smallest absolute Gasteiger partial charge is 0.261 e. The summed E-state index contributed by atoms with van der Waals surface area (Å²) in [4.78, 5) is 6.43. The van der Waals surface area contributed by atoms with Crippen LogP contribution in [0.2, 0.25) is 0 Å². The largest absolute Gasteiger partial charge is 0.497 e. The summed E-state index contributed by atoms with van der Waals surface area (Å²) in [6.07, 6.45) is 0.715. The quantitative estimate of drug-likeness (QED) is 0.490. The van der Waals surface area contributed by atoms with Crippen LogP contribution >= 0.6 is 11.8 Å². The first-order valence-electron chi connectivity index (χ1n) is 9.66. The second-order valence-corrected chi connectivity index (χ2v) is 9.49. The standard InChI is InChI=1S/C18H28N2O3S.CH4O3S/c1-21-17-2-4-18(5-3-17)24-15-16(20-8-12-23-13-9-20)14-19-6-10-22-11-7-19;1-5(2,3)4/h2-5,16H,6-15H2,1H3;1H3,(H,2,3,4). The van der Waals surface area contributed by atoms with E-state index in [2.05, 4.69) is 21.9 Å². The molecule has 0 spiro atoms. The molecule has 1 N–H and O–H groups in total. The van der Waals surface area contributed by atoms with Crippen LogP contribution in [0.5, 0.6) is 5.75 Å². The number of hydrogen-bond donors (Lipinski definition) is 1. The Kier molecular flexibility index (Phi) is 10.7. The third kappa shape index (κ3) is 10.6. The molecule has 0 radical (unpaired) electrons. The Morgan fingerprint density at radius 3 is 2.10 bits per heavy atom. The zero-order valence-corrected chi connectivity index (χ0v) is 18.8. The molecule has 166 valence electrons. The molecule has 29 heavy (non-hydrogen) atoms. The molecule has 0 aromatic heterocycles. The highest BCUT2D eigenvalue weighted by atomic mass is 32.2. The van der Waals surface area contributed by atoms with Crippen molar-refractivity contribution in [3.63, 3.8) is 0 Å². The Balaban J connectivity index is 0.000000537. The Bertz CT molecular complexity index is 666. The molecule has 1 aromatic rings. The Labute approximate surface area is 178 Å². The summed E-state index contributed by atoms with van der Waals surface area (Å²) in [7, 11) is -1.96. The number of benzene rings is 1. The van der Waals surface area contributed by atoms with E-state index in [0.29, 0.717) is 12.3 Å². The lowest BCUT2D eigenvalue weighted by Crippen LogP contribution is -2.51. The average molecular weight is 449 g/mol. The van der Waals surface area contributed by atoms with Gasteiger partial charge in [-0.15, -0.1) is 11.8 Å². The first kappa shape index (κ1) is 24.4. The van der Waals surface area contributed by atoms with E-state index in [1.54, 1.807) is 7.11 Å². The Hall–Kier alpha value is -0.880. The monoisotopic (exact) mass is 448 g/mol. The van der Waals surface area contributed by atoms with Crippen LogP contribution in [0.4, 0.5) is 0 Å². The Morgan fingerprint density at radius 2 is 1.59 bits per heavy atom. The van der Waals surface area contributed by atoms with Crippen LogP contribution < -0.4 is 4.74 Å². The van der Waals surface area contributed by atoms with E-state index >= 15 is 0 Å². The highest BCUT2D eigenvalue weighted by Crippen LogP contribution is 2.24. The number of nitrogens with zero attached hydrogens (tertiary/aromatic N) is 2. The number of rotatable bonds is 7. The first-order chi connectivity index (χ1) is 13.8. The number of thioether (sulfide) groups is 1. The second kappa shape index (κ2) is 12.7. The van der Waals surface area contributed by atoms with Gasteiger partial charge in [0.15, 0.2) is 0 Å². The first-order valence-corrected chi connectivity index (χ1v) is 12.5. The van der Waals surface area contributed by atoms with E-state index in [4.69, 9.17) is 18.8 Å². The minimum Gasteiger partial charge on any atom is -0.497 e. The van der Waals surface area contributed by atoms with Crippen LogP contribution in [0.3, 0.4) is 0 Å². The van der Waals surface area contributed by atoms with Crippen molar-refractivity contribution >= 4 is 21.9 Å². The molecular formula is C19H32N2O6S2. The summed E-state index contributed by atoms with van der Waals surface area (Å²) >= 11 is 1.93. The zero-order valence-electron chi connectivity index (χ0n) is 17.2. The topological polar surface area (TPSA) is 88.5 Å². The van der Waals surface area contributed by atoms with Gasteiger partial charge >= 0.3 is 0 Å². The van der Waals surface area contributed by atoms with Crippen molar-refractivity contribution < 1.29 is 27.2 Å². The lowest BCUT2D eigenvalue weighted by atomic mass is 10.2. The van der Waals surface area contributed by atoms with Gasteiger partial charge in [0.1, 0.15) is 5.75 Å². The Morgan fingerprint density at radius 1 is 1.07 bits per heavy atom. The molecule has 2 fully saturated rings. The van der Waals surface area contributed by atoms with Gasteiger partial charge in [-0.1, -0.05) is 0 Å². The highest BCUT2D eigenvalue weighted by Gasteiger charge is 2.24. The van der Waals surface area contributed by atoms with E-state index in [0.717, 1.165) is 70.7 Å². The van der Waals surface area contributed by atoms with Crippen molar-refractivity contribution in [2.45, 2.75) is 10.9 Å². The molecule has 0 bridgehead atoms. The molecule has 8 nitrogen and oxygen atoms in total. The molecule has 3 rings (SSSR count). The summed E-state index contributed by atoms with van der Waals surface area (Å²) in [6, 6.07) is 8.92. The fraction of sp³-hybridized carbons (Fsp3) is 0.684. The third-order valence-corrected chi connectivity index (χ3v) is 5.79. The summed E-state index contributed by atoms with van der Waals surface area (Å²) in [5, 5.41) is 0. The van der Waals surface area contributed by atoms with Crippen molar-refractivity contribution in [2.75, 3.05) is 78.3 Å². The van der Waals surface area contributed by atoms with Crippen LogP contribution in [0, 0.1) is 0 Å². The normalized spacial score (nSPS) is 19.8. The van der Waals surface area contributed by atoms with Gasteiger partial charge in [-0.3, -0.25) is 14.4 Å². The van der Waals surface area contributed by atoms with E-state index in [9.17, 15) is 8.42 Å². The highest BCUT2D eigenvalue weighted by molar-refractivity contribution is 7.99. The molecule has 2 aliphatic heterocycles. The third-order valence-electron chi connectivity index (χ3n) is 4.64. The van der Waals surface area contributed by atoms with Crippen LogP contribution in [0.1, 0.15) is 0 Å². The van der Waals surface area contributed by atoms with Crippen molar-refractivity contribution in [1.82, 2.24) is 9.80 Å². The zero-order chi connectivity index (χ0) is 21.1. The number of ether oxygens (including phenoxy) is 3. The summed E-state index contributed by atoms with van der Waals surface area (Å²) in [5.74, 6) is 2.02. The minimum absolute atomic E-state index is 0.555. The fourth-order valence-electron chi connectivity index (χ4n) is 3.16. The van der Waals surface area contributed by atoms with Gasteiger partial charge in [0.05, 0.1) is 39.8 Å². The molecule has 2 saturated heterocycles. The van der Waals surface area contributed by atoms with Gasteiger partial charge in [0, 0.05) is 49.4 Å². The van der Waals surface area contributed by atoms with Crippen molar-refractivity contribution in [3.05, 3.63) is 24.3 Å². The molecule has 2 aliphatic rings. The van der Waals surface area contributed by atoms with Gasteiger partial charge in [-0.25, -0.2) is 0 Å². The van der Waals surface area contributed by atoms with Crippen LogP contribution in [-0.4, -0.2) is 107 Å². The molecule has 0 amide bonds. The minimum atomic E-state index is -3.67. The molecule has 0 saturated carbocycles. The molecule has 0 aliphatic carbocycles. The number of hydrogen-bond acceptors (Lipinski definition) is 8. The maximum Gasteiger partial charge on any atom is 0.261 e. The van der Waals surface area contributed by atoms with Gasteiger partial charge in [0.25, 0.3) is 10.1 Å². The van der Waals surface area contributed by atoms with Crippen LogP contribution in [0.25, 0.3) is 0 Å². The van der Waals surface area contributed by atoms with Gasteiger partial charge in [0.2, 0.25) is 0 Å². The summed E-state index contributed by atoms with van der Waals surface area (Å²) in [5.41, 5.74) is 0. The predicted molar refractivity (Wildman–Crippen MR) is 115 cm³/mol. The molecular weight excluding hydrogens is 416 g/mol. The lowest BCUT2D eigenvalue weighted by Gasteiger charge is -2.38. The molecule has 1 atom stereocenters. The second-order valence-electron chi connectivity index (χ2n) is 6.93. The van der Waals surface area contributed by atoms with E-state index in [-0.39, 0.29) is 0 Å². The van der Waals surface area contributed by atoms with Gasteiger partial charge < -0.3 is 14.2 Å². The number of methoxy groups -OCH3 is 1. The maximum atomic E-state index is 9.19. The van der Waals surface area contributed by atoms with E-state index in [1.807, 2.05) is 23.9 Å². The lowest BCUT2D eigenvalue weighted by molar-refractivity contribution is -0.00428. The molecule has 1 unspecified atom stereocenters. The molecule has 10 heteroatoms. The van der Waals surface area contributed by atoms with Crippen molar-refractivity contribution in [3.8, 4) is 5.75 Å². The fourth-order valence-corrected chi connectivity index (χ4v) is 4.19. The van der Waals surface area contributed by atoms with Crippen LogP contribution in [-0.2, 0) is 19.6 Å². The van der Waals surface area contributed by atoms with Gasteiger partial charge in [-0.2, -0.15) is 8.42 Å². The SMILES string of the molecule is COc1ccc(SCC(CN2CCOCC2)N2CCOCC2)cc1.CS(=O)(=O)O. The summed E-state index contributed by atoms with van der Waals surface area (Å²) in [6.45, 7) is 8.73. The van der Waals surface area contributed by atoms with E-state index in [1.165, 1.54) is 4.90 Å². The van der Waals surface area contributed by atoms with Crippen LogP contribution in [0.15, 0.2) is 29.2 Å². The molecule has 1 aromatic carbocycles. The van der Waals surface area contributed by atoms with Gasteiger partial charge in [-0.05, 0) is 24.3 Å². The average Bonchev–Trinajstić information content (AvgIpc) is 2.72. The maximum absolute atomic E-state index is 9.19. The molecule has 2 heterocycles. The number of morpholine rings is 2.